The highest BCUT2D eigenvalue weighted by Crippen LogP contribution is 2.23. The van der Waals surface area contributed by atoms with Gasteiger partial charge in [-0.3, -0.25) is 4.90 Å². The van der Waals surface area contributed by atoms with Crippen LogP contribution in [0.1, 0.15) is 37.8 Å². The van der Waals surface area contributed by atoms with Crippen LogP contribution >= 0.6 is 0 Å². The highest BCUT2D eigenvalue weighted by Gasteiger charge is 2.31. The number of piperidine rings is 1. The zero-order valence-electron chi connectivity index (χ0n) is 11.8. The van der Waals surface area contributed by atoms with Gasteiger partial charge in [-0.25, -0.2) is 0 Å². The smallest absolute Gasteiger partial charge is 0.0699 e. The number of rotatable bonds is 3. The van der Waals surface area contributed by atoms with Crippen molar-refractivity contribution in [3.8, 4) is 0 Å². The van der Waals surface area contributed by atoms with E-state index in [4.69, 9.17) is 0 Å². The van der Waals surface area contributed by atoms with Gasteiger partial charge in [0.05, 0.1) is 6.10 Å². The summed E-state index contributed by atoms with van der Waals surface area (Å²) in [4.78, 5) is 2.45. The van der Waals surface area contributed by atoms with Crippen LogP contribution in [-0.2, 0) is 6.42 Å². The number of benzene rings is 1. The second-order valence-corrected chi connectivity index (χ2v) is 5.80. The van der Waals surface area contributed by atoms with Crippen molar-refractivity contribution >= 4 is 0 Å². The van der Waals surface area contributed by atoms with Crippen molar-refractivity contribution in [3.05, 3.63) is 35.4 Å². The van der Waals surface area contributed by atoms with Crippen LogP contribution < -0.4 is 0 Å². The zero-order valence-corrected chi connectivity index (χ0v) is 11.8. The lowest BCUT2D eigenvalue weighted by Gasteiger charge is -2.41. The van der Waals surface area contributed by atoms with Gasteiger partial charge in [0.1, 0.15) is 0 Å². The molecule has 2 heteroatoms. The summed E-state index contributed by atoms with van der Waals surface area (Å²) in [6, 6.07) is 9.48. The van der Waals surface area contributed by atoms with Crippen molar-refractivity contribution < 1.29 is 5.11 Å². The maximum atomic E-state index is 10.3. The third-order valence-electron chi connectivity index (χ3n) is 4.02. The summed E-state index contributed by atoms with van der Waals surface area (Å²) in [6.07, 6.45) is 2.84. The van der Waals surface area contributed by atoms with Gasteiger partial charge in [-0.05, 0) is 52.1 Å². The lowest BCUT2D eigenvalue weighted by molar-refractivity contribution is -0.00471. The monoisotopic (exact) mass is 247 g/mol. The number of nitrogens with zero attached hydrogens (tertiary/aromatic N) is 1. The number of hydrogen-bond acceptors (Lipinski definition) is 2. The molecule has 1 fully saturated rings. The Morgan fingerprint density at radius 1 is 1.28 bits per heavy atom. The molecule has 1 heterocycles. The fraction of sp³-hybridized carbons (Fsp3) is 0.625. The molecule has 0 saturated carbocycles. The number of aliphatic hydroxyl groups is 1. The van der Waals surface area contributed by atoms with Crippen molar-refractivity contribution in [2.24, 2.45) is 0 Å². The minimum atomic E-state index is -0.178. The van der Waals surface area contributed by atoms with E-state index in [1.165, 1.54) is 11.1 Å². The number of hydrogen-bond donors (Lipinski definition) is 1. The van der Waals surface area contributed by atoms with E-state index in [1.54, 1.807) is 0 Å². The second kappa shape index (κ2) is 5.85. The predicted molar refractivity (Wildman–Crippen MR) is 75.8 cm³/mol. The largest absolute Gasteiger partial charge is 0.391 e. The van der Waals surface area contributed by atoms with E-state index in [0.29, 0.717) is 6.04 Å². The normalized spacial score (nSPS) is 25.6. The fourth-order valence-corrected chi connectivity index (χ4v) is 2.92. The molecule has 2 rings (SSSR count). The first-order chi connectivity index (χ1) is 8.58. The van der Waals surface area contributed by atoms with E-state index in [0.717, 1.165) is 25.8 Å². The zero-order chi connectivity index (χ0) is 13.1. The van der Waals surface area contributed by atoms with E-state index >= 15 is 0 Å². The van der Waals surface area contributed by atoms with Crippen LogP contribution in [0, 0.1) is 6.92 Å². The molecule has 1 aromatic rings. The molecule has 18 heavy (non-hydrogen) atoms. The molecule has 0 radical (unpaired) electrons. The fourth-order valence-electron chi connectivity index (χ4n) is 2.92. The second-order valence-electron chi connectivity index (χ2n) is 5.80. The lowest BCUT2D eigenvalue weighted by atomic mass is 9.91. The molecule has 1 N–H and O–H groups in total. The Labute approximate surface area is 111 Å². The molecule has 0 bridgehead atoms. The van der Waals surface area contributed by atoms with E-state index in [2.05, 4.69) is 49.9 Å². The Hall–Kier alpha value is -0.860. The van der Waals surface area contributed by atoms with Crippen LogP contribution in [0.5, 0.6) is 0 Å². The molecule has 1 aromatic carbocycles. The standard InChI is InChI=1S/C16H25NO/c1-12(2)17-10-4-5-16(18)15(17)11-14-8-6-13(3)7-9-14/h6-9,12,15-16,18H,4-5,10-11H2,1-3H3/t15-,16-/m0/s1. The molecule has 0 spiro atoms. The molecular weight excluding hydrogens is 222 g/mol. The van der Waals surface area contributed by atoms with E-state index in [-0.39, 0.29) is 12.1 Å². The number of likely N-dealkylation sites (tertiary alicyclic amines) is 1. The van der Waals surface area contributed by atoms with E-state index < -0.39 is 0 Å². The minimum Gasteiger partial charge on any atom is -0.391 e. The average molecular weight is 247 g/mol. The van der Waals surface area contributed by atoms with Crippen molar-refractivity contribution in [1.82, 2.24) is 4.90 Å². The molecule has 2 atom stereocenters. The molecule has 0 unspecified atom stereocenters. The molecule has 100 valence electrons. The number of aryl methyl sites for hydroxylation is 1. The maximum Gasteiger partial charge on any atom is 0.0699 e. The van der Waals surface area contributed by atoms with Gasteiger partial charge in [0.15, 0.2) is 0 Å². The SMILES string of the molecule is Cc1ccc(C[C@H]2[C@@H](O)CCCN2C(C)C)cc1. The van der Waals surface area contributed by atoms with Crippen LogP contribution in [0.4, 0.5) is 0 Å². The van der Waals surface area contributed by atoms with Gasteiger partial charge >= 0.3 is 0 Å². The highest BCUT2D eigenvalue weighted by molar-refractivity contribution is 5.22. The van der Waals surface area contributed by atoms with Gasteiger partial charge in [0, 0.05) is 12.1 Å². The van der Waals surface area contributed by atoms with Crippen LogP contribution in [0.15, 0.2) is 24.3 Å². The van der Waals surface area contributed by atoms with E-state index in [9.17, 15) is 5.11 Å². The van der Waals surface area contributed by atoms with Gasteiger partial charge in [-0.15, -0.1) is 0 Å². The summed E-state index contributed by atoms with van der Waals surface area (Å²) < 4.78 is 0. The van der Waals surface area contributed by atoms with E-state index in [1.807, 2.05) is 0 Å². The Morgan fingerprint density at radius 2 is 1.94 bits per heavy atom. The molecular formula is C16H25NO. The maximum absolute atomic E-state index is 10.3. The third kappa shape index (κ3) is 3.12. The Balaban J connectivity index is 2.10. The first-order valence-electron chi connectivity index (χ1n) is 7.07. The van der Waals surface area contributed by atoms with Crippen LogP contribution in [0.3, 0.4) is 0 Å². The Kier molecular flexibility index (Phi) is 4.41. The average Bonchev–Trinajstić information content (AvgIpc) is 2.34. The summed E-state index contributed by atoms with van der Waals surface area (Å²) >= 11 is 0. The van der Waals surface area contributed by atoms with Gasteiger partial charge in [-0.1, -0.05) is 29.8 Å². The molecule has 0 aliphatic carbocycles. The van der Waals surface area contributed by atoms with Gasteiger partial charge in [-0.2, -0.15) is 0 Å². The van der Waals surface area contributed by atoms with Crippen molar-refractivity contribution in [2.45, 2.75) is 58.2 Å². The summed E-state index contributed by atoms with van der Waals surface area (Å²) in [7, 11) is 0. The van der Waals surface area contributed by atoms with Crippen LogP contribution in [0.2, 0.25) is 0 Å². The van der Waals surface area contributed by atoms with Gasteiger partial charge in [0.25, 0.3) is 0 Å². The summed E-state index contributed by atoms with van der Waals surface area (Å²) in [5, 5.41) is 10.3. The molecule has 0 amide bonds. The van der Waals surface area contributed by atoms with Crippen molar-refractivity contribution in [2.75, 3.05) is 6.54 Å². The Bertz CT molecular complexity index is 371. The molecule has 1 saturated heterocycles. The quantitative estimate of drug-likeness (QED) is 0.888. The van der Waals surface area contributed by atoms with Gasteiger partial charge < -0.3 is 5.11 Å². The van der Waals surface area contributed by atoms with Crippen molar-refractivity contribution in [3.63, 3.8) is 0 Å². The first-order valence-corrected chi connectivity index (χ1v) is 7.07. The van der Waals surface area contributed by atoms with Crippen molar-refractivity contribution in [1.29, 1.82) is 0 Å². The van der Waals surface area contributed by atoms with Crippen LogP contribution in [-0.4, -0.2) is 34.7 Å². The molecule has 2 nitrogen and oxygen atoms in total. The predicted octanol–water partition coefficient (Wildman–Crippen LogP) is 2.77. The summed E-state index contributed by atoms with van der Waals surface area (Å²) in [5.41, 5.74) is 2.63. The number of aliphatic hydroxyl groups excluding tert-OH is 1. The summed E-state index contributed by atoms with van der Waals surface area (Å²) in [5.74, 6) is 0. The van der Waals surface area contributed by atoms with Gasteiger partial charge in [0.2, 0.25) is 0 Å². The lowest BCUT2D eigenvalue weighted by Crippen LogP contribution is -2.52. The first kappa shape index (κ1) is 13.6. The third-order valence-corrected chi connectivity index (χ3v) is 4.02. The molecule has 0 aromatic heterocycles. The highest BCUT2D eigenvalue weighted by atomic mass is 16.3. The molecule has 1 aliphatic heterocycles. The minimum absolute atomic E-state index is 0.178. The van der Waals surface area contributed by atoms with Crippen LogP contribution in [0.25, 0.3) is 0 Å². The molecule has 1 aliphatic rings. The Morgan fingerprint density at radius 3 is 2.56 bits per heavy atom. The topological polar surface area (TPSA) is 23.5 Å². The summed E-state index contributed by atoms with van der Waals surface area (Å²) in [6.45, 7) is 7.67.